The summed E-state index contributed by atoms with van der Waals surface area (Å²) in [4.78, 5) is 37.9. The zero-order valence-electron chi connectivity index (χ0n) is 20.0. The van der Waals surface area contributed by atoms with Crippen molar-refractivity contribution in [2.24, 2.45) is 17.3 Å². The molecular weight excluding hydrogens is 408 g/mol. The smallest absolute Gasteiger partial charge is 0.342 e. The van der Waals surface area contributed by atoms with Crippen LogP contribution in [-0.4, -0.2) is 30.3 Å². The monoisotopic (exact) mass is 440 g/mol. The Labute approximate surface area is 188 Å². The van der Waals surface area contributed by atoms with Crippen LogP contribution in [0.15, 0.2) is 23.0 Å². The Kier molecular flexibility index (Phi) is 5.07. The Hall–Kier alpha value is -2.63. The van der Waals surface area contributed by atoms with Crippen LogP contribution in [0.1, 0.15) is 67.6 Å². The SMILES string of the molecule is COC(=O)c1c(C)cc2c(c(C)c1=O)O[C@@]1(C2)[C@H](C)CC[C@@H]2C(C)(C)OC(=O)C=C[C@@]21C. The van der Waals surface area contributed by atoms with Crippen molar-refractivity contribution in [1.82, 2.24) is 0 Å². The largest absolute Gasteiger partial charge is 0.485 e. The average molecular weight is 441 g/mol. The summed E-state index contributed by atoms with van der Waals surface area (Å²) in [5.74, 6) is -0.196. The van der Waals surface area contributed by atoms with Crippen LogP contribution >= 0.6 is 0 Å². The average Bonchev–Trinajstić information content (AvgIpc) is 3.02. The Balaban J connectivity index is 1.93. The number of cyclic esters (lactones) is 1. The van der Waals surface area contributed by atoms with Crippen LogP contribution in [0, 0.1) is 31.1 Å². The molecule has 1 spiro atoms. The van der Waals surface area contributed by atoms with Crippen molar-refractivity contribution < 1.29 is 23.8 Å². The number of esters is 2. The van der Waals surface area contributed by atoms with Gasteiger partial charge in [0.1, 0.15) is 22.5 Å². The highest BCUT2D eigenvalue weighted by atomic mass is 16.6. The maximum Gasteiger partial charge on any atom is 0.342 e. The van der Waals surface area contributed by atoms with Gasteiger partial charge in [0.05, 0.1) is 7.11 Å². The van der Waals surface area contributed by atoms with Crippen molar-refractivity contribution in [2.45, 2.75) is 72.0 Å². The van der Waals surface area contributed by atoms with Gasteiger partial charge in [-0.15, -0.1) is 0 Å². The molecule has 0 N–H and O–H groups in total. The molecule has 1 aromatic carbocycles. The molecule has 0 unspecified atom stereocenters. The van der Waals surface area contributed by atoms with E-state index in [1.54, 1.807) is 13.8 Å². The molecule has 2 aliphatic heterocycles. The molecule has 0 radical (unpaired) electrons. The highest BCUT2D eigenvalue weighted by Crippen LogP contribution is 2.61. The van der Waals surface area contributed by atoms with Gasteiger partial charge < -0.3 is 14.2 Å². The van der Waals surface area contributed by atoms with Crippen molar-refractivity contribution >= 4 is 11.9 Å². The number of rotatable bonds is 1. The summed E-state index contributed by atoms with van der Waals surface area (Å²) in [5.41, 5.74) is -0.211. The molecule has 2 heterocycles. The number of hydrogen-bond acceptors (Lipinski definition) is 6. The van der Waals surface area contributed by atoms with Crippen molar-refractivity contribution in [2.75, 3.05) is 7.11 Å². The Bertz CT molecular complexity index is 1100. The van der Waals surface area contributed by atoms with Gasteiger partial charge in [0, 0.05) is 29.4 Å². The fourth-order valence-electron chi connectivity index (χ4n) is 6.52. The van der Waals surface area contributed by atoms with E-state index in [1.165, 1.54) is 13.2 Å². The van der Waals surface area contributed by atoms with E-state index < -0.39 is 22.6 Å². The Morgan fingerprint density at radius 2 is 1.81 bits per heavy atom. The van der Waals surface area contributed by atoms with Gasteiger partial charge in [-0.3, -0.25) is 4.79 Å². The lowest BCUT2D eigenvalue weighted by Crippen LogP contribution is -2.63. The number of carbonyl (C=O) groups excluding carboxylic acids is 2. The van der Waals surface area contributed by atoms with Crippen LogP contribution in [0.4, 0.5) is 0 Å². The zero-order valence-corrected chi connectivity index (χ0v) is 20.0. The lowest BCUT2D eigenvalue weighted by molar-refractivity contribution is -0.181. The van der Waals surface area contributed by atoms with Gasteiger partial charge >= 0.3 is 11.9 Å². The van der Waals surface area contributed by atoms with Crippen molar-refractivity contribution in [1.29, 1.82) is 0 Å². The third kappa shape index (κ3) is 2.95. The molecule has 6 nitrogen and oxygen atoms in total. The van der Waals surface area contributed by atoms with E-state index in [4.69, 9.17) is 14.2 Å². The zero-order chi connectivity index (χ0) is 23.6. The molecular formula is C26H32O6. The molecule has 0 amide bonds. The third-order valence-electron chi connectivity index (χ3n) is 8.20. The molecule has 6 heteroatoms. The van der Waals surface area contributed by atoms with Crippen LogP contribution in [0.5, 0.6) is 5.75 Å². The number of carbonyl (C=O) groups is 2. The van der Waals surface area contributed by atoms with Gasteiger partial charge in [-0.2, -0.15) is 0 Å². The lowest BCUT2D eigenvalue weighted by atomic mass is 9.50. The number of hydrogen-bond donors (Lipinski definition) is 0. The van der Waals surface area contributed by atoms with Crippen LogP contribution in [0.3, 0.4) is 0 Å². The van der Waals surface area contributed by atoms with E-state index in [0.717, 1.165) is 18.4 Å². The summed E-state index contributed by atoms with van der Waals surface area (Å²) < 4.78 is 17.5. The molecule has 0 aromatic heterocycles. The Morgan fingerprint density at radius 3 is 2.47 bits per heavy atom. The normalized spacial score (nSPS) is 32.4. The van der Waals surface area contributed by atoms with Crippen LogP contribution < -0.4 is 10.2 Å². The summed E-state index contributed by atoms with van der Waals surface area (Å²) in [6, 6.07) is 1.89. The third-order valence-corrected chi connectivity index (χ3v) is 8.20. The topological polar surface area (TPSA) is 78.9 Å². The van der Waals surface area contributed by atoms with Gasteiger partial charge in [-0.1, -0.05) is 26.0 Å². The van der Waals surface area contributed by atoms with Gasteiger partial charge in [-0.25, -0.2) is 9.59 Å². The standard InChI is InChI=1S/C26H32O6/c1-14-12-17-13-26(32-22(17)16(3)21(28)20(14)23(29)30-7)15(2)8-9-18-24(4,5)31-19(27)10-11-25(18,26)6/h10-12,15,18H,8-9,13H2,1-7H3/t15-,18-,25+,26+/m1/s1. The first-order valence-corrected chi connectivity index (χ1v) is 11.2. The molecule has 4 atom stereocenters. The maximum atomic E-state index is 13.2. The predicted octanol–water partition coefficient (Wildman–Crippen LogP) is 4.07. The predicted molar refractivity (Wildman–Crippen MR) is 120 cm³/mol. The number of fused-ring (bicyclic) bond motifs is 3. The first-order chi connectivity index (χ1) is 14.9. The summed E-state index contributed by atoms with van der Waals surface area (Å²) in [6.07, 6.45) is 5.91. The quantitative estimate of drug-likeness (QED) is 0.613. The molecule has 0 saturated heterocycles. The second-order valence-corrected chi connectivity index (χ2v) is 10.3. The molecule has 1 fully saturated rings. The maximum absolute atomic E-state index is 13.2. The molecule has 3 aliphatic rings. The molecule has 4 rings (SSSR count). The second kappa shape index (κ2) is 7.19. The minimum atomic E-state index is -0.655. The fourth-order valence-corrected chi connectivity index (χ4v) is 6.52. The van der Waals surface area contributed by atoms with E-state index >= 15 is 0 Å². The lowest BCUT2D eigenvalue weighted by Gasteiger charge is -2.57. The van der Waals surface area contributed by atoms with E-state index in [9.17, 15) is 14.4 Å². The fraction of sp³-hybridized carbons (Fsp3) is 0.577. The van der Waals surface area contributed by atoms with Gasteiger partial charge in [0.25, 0.3) is 0 Å². The summed E-state index contributed by atoms with van der Waals surface area (Å²) in [6.45, 7) is 11.7. The molecule has 0 bridgehead atoms. The summed E-state index contributed by atoms with van der Waals surface area (Å²) >= 11 is 0. The highest BCUT2D eigenvalue weighted by Gasteiger charge is 2.65. The van der Waals surface area contributed by atoms with Crippen LogP contribution in [-0.2, 0) is 20.7 Å². The van der Waals surface area contributed by atoms with E-state index in [0.29, 0.717) is 23.3 Å². The molecule has 172 valence electrons. The van der Waals surface area contributed by atoms with Crippen molar-refractivity contribution in [3.63, 3.8) is 0 Å². The molecule has 1 saturated carbocycles. The number of aryl methyl sites for hydroxylation is 1. The summed E-state index contributed by atoms with van der Waals surface area (Å²) in [7, 11) is 1.27. The number of ether oxygens (including phenoxy) is 3. The van der Waals surface area contributed by atoms with Crippen LogP contribution in [0.25, 0.3) is 0 Å². The minimum absolute atomic E-state index is 0.0484. The molecule has 1 aliphatic carbocycles. The van der Waals surface area contributed by atoms with Gasteiger partial charge in [0.15, 0.2) is 5.43 Å². The van der Waals surface area contributed by atoms with E-state index in [2.05, 4.69) is 13.8 Å². The summed E-state index contributed by atoms with van der Waals surface area (Å²) in [5, 5.41) is 0. The van der Waals surface area contributed by atoms with E-state index in [1.807, 2.05) is 26.0 Å². The second-order valence-electron chi connectivity index (χ2n) is 10.3. The molecule has 32 heavy (non-hydrogen) atoms. The van der Waals surface area contributed by atoms with Crippen molar-refractivity contribution in [3.05, 3.63) is 50.7 Å². The minimum Gasteiger partial charge on any atom is -0.485 e. The highest BCUT2D eigenvalue weighted by molar-refractivity contribution is 5.91. The van der Waals surface area contributed by atoms with Gasteiger partial charge in [0.2, 0.25) is 0 Å². The van der Waals surface area contributed by atoms with Crippen LogP contribution in [0.2, 0.25) is 0 Å². The number of methoxy groups -OCH3 is 1. The van der Waals surface area contributed by atoms with Gasteiger partial charge in [-0.05, 0) is 57.6 Å². The Morgan fingerprint density at radius 1 is 1.12 bits per heavy atom. The first-order valence-electron chi connectivity index (χ1n) is 11.2. The molecule has 1 aromatic rings. The van der Waals surface area contributed by atoms with Crippen molar-refractivity contribution in [3.8, 4) is 5.75 Å². The first kappa shape index (κ1) is 22.6. The van der Waals surface area contributed by atoms with E-state index in [-0.39, 0.29) is 28.8 Å².